The predicted molar refractivity (Wildman–Crippen MR) is 117 cm³/mol. The molecule has 1 spiro atoms. The third-order valence-corrected chi connectivity index (χ3v) is 6.64. The van der Waals surface area contributed by atoms with Crippen LogP contribution in [0.1, 0.15) is 37.5 Å². The molecule has 33 heavy (non-hydrogen) atoms. The fourth-order valence-electron chi connectivity index (χ4n) is 4.95. The van der Waals surface area contributed by atoms with E-state index < -0.39 is 47.7 Å². The van der Waals surface area contributed by atoms with Gasteiger partial charge in [-0.25, -0.2) is 4.79 Å². The van der Waals surface area contributed by atoms with Crippen molar-refractivity contribution in [2.75, 3.05) is 7.11 Å². The number of aliphatic hydroxyl groups excluding tert-OH is 1. The van der Waals surface area contributed by atoms with Gasteiger partial charge in [0.2, 0.25) is 0 Å². The highest BCUT2D eigenvalue weighted by Crippen LogP contribution is 2.49. The van der Waals surface area contributed by atoms with Crippen molar-refractivity contribution in [1.29, 1.82) is 0 Å². The molecule has 5 atom stereocenters. The second-order valence-corrected chi connectivity index (χ2v) is 8.66. The fourth-order valence-corrected chi connectivity index (χ4v) is 4.95. The van der Waals surface area contributed by atoms with E-state index in [2.05, 4.69) is 5.92 Å². The van der Waals surface area contributed by atoms with Crippen LogP contribution in [0, 0.1) is 12.3 Å². The lowest BCUT2D eigenvalue weighted by atomic mass is 10.1. The summed E-state index contributed by atoms with van der Waals surface area (Å²) in [5.41, 5.74) is -0.212. The van der Waals surface area contributed by atoms with Crippen molar-refractivity contribution < 1.29 is 24.1 Å². The molecule has 2 saturated heterocycles. The average molecular weight is 454 g/mol. The van der Waals surface area contributed by atoms with Gasteiger partial charge in [0.25, 0.3) is 5.56 Å². The maximum Gasteiger partial charge on any atom is 0.333 e. The van der Waals surface area contributed by atoms with Gasteiger partial charge in [-0.3, -0.25) is 13.9 Å². The van der Waals surface area contributed by atoms with Gasteiger partial charge in [-0.2, -0.15) is 0 Å². The van der Waals surface area contributed by atoms with E-state index in [1.165, 1.54) is 16.8 Å². The third-order valence-electron chi connectivity index (χ3n) is 6.64. The largest absolute Gasteiger partial charge is 0.497 e. The van der Waals surface area contributed by atoms with Crippen molar-refractivity contribution in [3.05, 3.63) is 62.9 Å². The summed E-state index contributed by atoms with van der Waals surface area (Å²) < 4.78 is 26.2. The van der Waals surface area contributed by atoms with Crippen LogP contribution in [0.3, 0.4) is 0 Å². The smallest absolute Gasteiger partial charge is 0.333 e. The predicted octanol–water partition coefficient (Wildman–Crippen LogP) is 1.01. The van der Waals surface area contributed by atoms with Gasteiger partial charge in [-0.05, 0) is 30.5 Å². The molecule has 9 nitrogen and oxygen atoms in total. The molecule has 3 fully saturated rings. The molecular weight excluding hydrogens is 428 g/mol. The van der Waals surface area contributed by atoms with E-state index in [0.717, 1.165) is 35.8 Å². The first-order chi connectivity index (χ1) is 15.9. The molecule has 2 aliphatic heterocycles. The number of hydrogen-bond acceptors (Lipinski definition) is 7. The summed E-state index contributed by atoms with van der Waals surface area (Å²) in [6.45, 7) is 0.0843. The van der Waals surface area contributed by atoms with Gasteiger partial charge in [0.15, 0.2) is 12.0 Å². The second kappa shape index (κ2) is 8.47. The van der Waals surface area contributed by atoms with Gasteiger partial charge in [-0.1, -0.05) is 18.1 Å². The third kappa shape index (κ3) is 3.79. The van der Waals surface area contributed by atoms with Crippen LogP contribution < -0.4 is 16.0 Å². The minimum Gasteiger partial charge on any atom is -0.497 e. The SMILES string of the molecule is C#CC(O)[C@H]1O[C@@H](n2ccc(=O)n(Cc3ccc(OC)cc3)c2=O)[C@@H]2OC3(CCCC3)O[C@@H]21. The number of aliphatic hydroxyl groups is 1. The van der Waals surface area contributed by atoms with Gasteiger partial charge in [-0.15, -0.1) is 6.42 Å². The summed E-state index contributed by atoms with van der Waals surface area (Å²) in [7, 11) is 1.57. The maximum atomic E-state index is 13.4. The normalized spacial score (nSPS) is 28.5. The highest BCUT2D eigenvalue weighted by molar-refractivity contribution is 5.27. The topological polar surface area (TPSA) is 101 Å². The summed E-state index contributed by atoms with van der Waals surface area (Å²) >= 11 is 0. The molecule has 174 valence electrons. The first-order valence-electron chi connectivity index (χ1n) is 11.0. The van der Waals surface area contributed by atoms with E-state index in [9.17, 15) is 14.7 Å². The van der Waals surface area contributed by atoms with E-state index in [1.807, 2.05) is 0 Å². The van der Waals surface area contributed by atoms with Gasteiger partial charge in [0.1, 0.15) is 30.2 Å². The van der Waals surface area contributed by atoms with E-state index in [0.29, 0.717) is 5.75 Å². The molecule has 1 aromatic heterocycles. The fraction of sp³-hybridized carbons (Fsp3) is 0.500. The Balaban J connectivity index is 1.49. The standard InChI is InChI=1S/C24H26N2O7/c1-3-17(27)19-20-21(33-24(32-20)11-4-5-12-24)22(31-19)25-13-10-18(28)26(23(25)29)14-15-6-8-16(30-2)9-7-15/h1,6-10,13,17,19-22,27H,4-5,11-12,14H2,2H3/t17?,19-,20-,21-,22-/m1/s1. The van der Waals surface area contributed by atoms with Gasteiger partial charge in [0.05, 0.1) is 13.7 Å². The second-order valence-electron chi connectivity index (χ2n) is 8.66. The number of nitrogens with zero attached hydrogens (tertiary/aromatic N) is 2. The summed E-state index contributed by atoms with van der Waals surface area (Å²) in [4.78, 5) is 25.9. The summed E-state index contributed by atoms with van der Waals surface area (Å²) in [5, 5.41) is 10.4. The van der Waals surface area contributed by atoms with Crippen LogP contribution >= 0.6 is 0 Å². The molecule has 5 rings (SSSR count). The quantitative estimate of drug-likeness (QED) is 0.673. The lowest BCUT2D eigenvalue weighted by molar-refractivity contribution is -0.219. The lowest BCUT2D eigenvalue weighted by Crippen LogP contribution is -2.43. The number of aromatic nitrogens is 2. The number of benzene rings is 1. The summed E-state index contributed by atoms with van der Waals surface area (Å²) in [5.74, 6) is 2.22. The minimum absolute atomic E-state index is 0.0843. The van der Waals surface area contributed by atoms with Crippen molar-refractivity contribution in [2.24, 2.45) is 0 Å². The molecule has 1 aliphatic carbocycles. The van der Waals surface area contributed by atoms with Crippen molar-refractivity contribution in [3.63, 3.8) is 0 Å². The molecular formula is C24H26N2O7. The highest BCUT2D eigenvalue weighted by atomic mass is 16.8. The van der Waals surface area contributed by atoms with Crippen LogP contribution in [0.25, 0.3) is 0 Å². The number of fused-ring (bicyclic) bond motifs is 1. The summed E-state index contributed by atoms with van der Waals surface area (Å²) in [6.07, 6.45) is 6.04. The Hall–Kier alpha value is -2.90. The van der Waals surface area contributed by atoms with Gasteiger partial charge < -0.3 is 24.1 Å². The van der Waals surface area contributed by atoms with E-state index in [4.69, 9.17) is 25.4 Å². The Morgan fingerprint density at radius 3 is 2.55 bits per heavy atom. The number of ether oxygens (including phenoxy) is 4. The Bertz CT molecular complexity index is 1170. The molecule has 1 N–H and O–H groups in total. The Labute approximate surface area is 190 Å². The molecule has 1 saturated carbocycles. The maximum absolute atomic E-state index is 13.4. The average Bonchev–Trinajstić information content (AvgIpc) is 3.53. The molecule has 2 aromatic rings. The molecule has 0 amide bonds. The van der Waals surface area contributed by atoms with Crippen LogP contribution in [0.15, 0.2) is 46.1 Å². The first kappa shape index (κ1) is 21.9. The number of methoxy groups -OCH3 is 1. The number of terminal acetylenes is 1. The van der Waals surface area contributed by atoms with Crippen molar-refractivity contribution in [3.8, 4) is 18.1 Å². The molecule has 0 radical (unpaired) electrons. The molecule has 9 heteroatoms. The van der Waals surface area contributed by atoms with Crippen molar-refractivity contribution in [2.45, 2.75) is 68.7 Å². The van der Waals surface area contributed by atoms with Crippen LogP contribution in [0.4, 0.5) is 0 Å². The molecule has 0 bridgehead atoms. The molecule has 3 aliphatic rings. The van der Waals surface area contributed by atoms with Gasteiger partial charge in [0, 0.05) is 25.1 Å². The first-order valence-corrected chi connectivity index (χ1v) is 11.0. The summed E-state index contributed by atoms with van der Waals surface area (Å²) in [6, 6.07) is 8.43. The van der Waals surface area contributed by atoms with E-state index in [-0.39, 0.29) is 6.54 Å². The Morgan fingerprint density at radius 2 is 1.88 bits per heavy atom. The minimum atomic E-state index is -1.22. The number of rotatable bonds is 5. The Kier molecular flexibility index (Phi) is 5.62. The zero-order valence-corrected chi connectivity index (χ0v) is 18.3. The van der Waals surface area contributed by atoms with E-state index >= 15 is 0 Å². The van der Waals surface area contributed by atoms with Crippen LogP contribution in [-0.2, 0) is 20.8 Å². The molecule has 3 heterocycles. The van der Waals surface area contributed by atoms with E-state index in [1.54, 1.807) is 31.4 Å². The van der Waals surface area contributed by atoms with Crippen molar-refractivity contribution >= 4 is 0 Å². The molecule has 1 aromatic carbocycles. The monoisotopic (exact) mass is 454 g/mol. The van der Waals surface area contributed by atoms with Gasteiger partial charge >= 0.3 is 5.69 Å². The lowest BCUT2D eigenvalue weighted by Gasteiger charge is -2.28. The number of hydrogen-bond donors (Lipinski definition) is 1. The zero-order valence-electron chi connectivity index (χ0n) is 18.3. The van der Waals surface area contributed by atoms with Crippen LogP contribution in [0.5, 0.6) is 5.75 Å². The van der Waals surface area contributed by atoms with Crippen LogP contribution in [0.2, 0.25) is 0 Å². The van der Waals surface area contributed by atoms with Crippen molar-refractivity contribution in [1.82, 2.24) is 9.13 Å². The zero-order chi connectivity index (χ0) is 23.2. The molecule has 1 unspecified atom stereocenters. The Morgan fingerprint density at radius 1 is 1.18 bits per heavy atom. The highest BCUT2D eigenvalue weighted by Gasteiger charge is 2.60. The van der Waals surface area contributed by atoms with Crippen LogP contribution in [-0.4, -0.2) is 51.6 Å².